The Morgan fingerprint density at radius 2 is 1.67 bits per heavy atom. The predicted molar refractivity (Wildman–Crippen MR) is 108 cm³/mol. The van der Waals surface area contributed by atoms with E-state index in [1.54, 1.807) is 12.1 Å². The molecule has 1 aliphatic rings. The fourth-order valence-corrected chi connectivity index (χ4v) is 3.56. The Morgan fingerprint density at radius 3 is 2.37 bits per heavy atom. The second kappa shape index (κ2) is 6.54. The first-order valence-corrected chi connectivity index (χ1v) is 8.94. The molecule has 27 heavy (non-hydrogen) atoms. The van der Waals surface area contributed by atoms with E-state index in [-0.39, 0.29) is 22.2 Å². The van der Waals surface area contributed by atoms with Gasteiger partial charge >= 0.3 is 0 Å². The molecule has 0 N–H and O–H groups in total. The maximum atomic E-state index is 12.8. The van der Waals surface area contributed by atoms with E-state index in [0.717, 1.165) is 14.1 Å². The summed E-state index contributed by atoms with van der Waals surface area (Å²) in [6, 6.07) is 14.7. The first-order valence-electron chi connectivity index (χ1n) is 7.86. The van der Waals surface area contributed by atoms with Crippen molar-refractivity contribution in [1.29, 1.82) is 0 Å². The van der Waals surface area contributed by atoms with Crippen LogP contribution in [0, 0.1) is 13.7 Å². The first-order chi connectivity index (χ1) is 13.0. The van der Waals surface area contributed by atoms with Gasteiger partial charge in [-0.3, -0.25) is 19.7 Å². The summed E-state index contributed by atoms with van der Waals surface area (Å²) >= 11 is 2.14. The molecule has 0 aliphatic carbocycles. The van der Waals surface area contributed by atoms with Gasteiger partial charge in [-0.15, -0.1) is 0 Å². The number of non-ortho nitro benzene ring substituents is 1. The molecule has 0 bridgehead atoms. The van der Waals surface area contributed by atoms with Gasteiger partial charge in [0.25, 0.3) is 17.5 Å². The molecule has 0 saturated heterocycles. The monoisotopic (exact) mass is 471 g/mol. The molecule has 8 heteroatoms. The zero-order chi connectivity index (χ0) is 19.1. The third-order valence-corrected chi connectivity index (χ3v) is 5.26. The highest BCUT2D eigenvalue weighted by atomic mass is 127. The van der Waals surface area contributed by atoms with Gasteiger partial charge in [0.1, 0.15) is 0 Å². The topological polar surface area (TPSA) is 92.9 Å². The van der Waals surface area contributed by atoms with Crippen molar-refractivity contribution in [3.63, 3.8) is 0 Å². The third kappa shape index (κ3) is 2.78. The van der Waals surface area contributed by atoms with Crippen LogP contribution in [-0.4, -0.2) is 28.0 Å². The Hall–Kier alpha value is -3.14. The summed E-state index contributed by atoms with van der Waals surface area (Å²) < 4.78 is 0.925. The number of rotatable bonds is 3. The number of carbonyl (C=O) groups excluding carboxylic acids is 2. The summed E-state index contributed by atoms with van der Waals surface area (Å²) in [4.78, 5) is 36.4. The van der Waals surface area contributed by atoms with Gasteiger partial charge in [0.15, 0.2) is 0 Å². The Kier molecular flexibility index (Phi) is 4.19. The minimum atomic E-state index is -0.610. The SMILES string of the molecule is O=C1c2cccc3c([N+](=O)[O-])ccc(c23)C(=O)N1N=Cc1ccccc1I. The Bertz CT molecular complexity index is 1150. The van der Waals surface area contributed by atoms with Crippen LogP contribution in [0.4, 0.5) is 5.69 Å². The molecule has 4 rings (SSSR count). The quantitative estimate of drug-likeness (QED) is 0.190. The zero-order valence-corrected chi connectivity index (χ0v) is 15.8. The molecule has 0 radical (unpaired) electrons. The Morgan fingerprint density at radius 1 is 0.963 bits per heavy atom. The number of carbonyl (C=O) groups is 2. The van der Waals surface area contributed by atoms with Crippen LogP contribution in [0.3, 0.4) is 0 Å². The second-order valence-electron chi connectivity index (χ2n) is 5.81. The standard InChI is InChI=1S/C19H10IN3O4/c20-15-7-2-1-4-11(15)10-21-22-18(24)13-6-3-5-12-16(23(26)27)9-8-14(17(12)13)19(22)25/h1-10H. The number of hydrogen-bond acceptors (Lipinski definition) is 5. The van der Waals surface area contributed by atoms with Crippen LogP contribution in [0.25, 0.3) is 10.8 Å². The highest BCUT2D eigenvalue weighted by Gasteiger charge is 2.34. The van der Waals surface area contributed by atoms with Crippen LogP contribution in [0.5, 0.6) is 0 Å². The number of nitro benzene ring substituents is 1. The highest BCUT2D eigenvalue weighted by Crippen LogP contribution is 2.35. The van der Waals surface area contributed by atoms with E-state index in [9.17, 15) is 19.7 Å². The smallest absolute Gasteiger partial charge is 0.267 e. The number of nitro groups is 1. The molecule has 0 spiro atoms. The van der Waals surface area contributed by atoms with Gasteiger partial charge in [-0.05, 0) is 46.9 Å². The average molecular weight is 471 g/mol. The molecule has 7 nitrogen and oxygen atoms in total. The van der Waals surface area contributed by atoms with Gasteiger partial charge in [-0.1, -0.05) is 24.3 Å². The average Bonchev–Trinajstić information content (AvgIpc) is 2.66. The van der Waals surface area contributed by atoms with Crippen molar-refractivity contribution in [3.05, 3.63) is 85.0 Å². The van der Waals surface area contributed by atoms with Crippen LogP contribution in [-0.2, 0) is 0 Å². The molecule has 0 fully saturated rings. The summed E-state index contributed by atoms with van der Waals surface area (Å²) in [5.41, 5.74) is 1.05. The second-order valence-corrected chi connectivity index (χ2v) is 6.97. The first kappa shape index (κ1) is 17.3. The molecule has 3 aromatic rings. The minimum Gasteiger partial charge on any atom is -0.267 e. The Balaban J connectivity index is 1.85. The van der Waals surface area contributed by atoms with Crippen molar-refractivity contribution >= 4 is 57.1 Å². The lowest BCUT2D eigenvalue weighted by molar-refractivity contribution is -0.383. The molecule has 3 aromatic carbocycles. The number of hydrazone groups is 1. The Labute approximate surface area is 166 Å². The molecule has 0 unspecified atom stereocenters. The lowest BCUT2D eigenvalue weighted by Crippen LogP contribution is -2.36. The van der Waals surface area contributed by atoms with Crippen LogP contribution in [0.2, 0.25) is 0 Å². The van der Waals surface area contributed by atoms with Gasteiger partial charge in [0.05, 0.1) is 27.7 Å². The van der Waals surface area contributed by atoms with Crippen molar-refractivity contribution in [2.75, 3.05) is 0 Å². The van der Waals surface area contributed by atoms with Gasteiger partial charge in [-0.2, -0.15) is 10.1 Å². The van der Waals surface area contributed by atoms with Gasteiger partial charge in [0.2, 0.25) is 0 Å². The molecule has 2 amide bonds. The fourth-order valence-electron chi connectivity index (χ4n) is 3.03. The highest BCUT2D eigenvalue weighted by molar-refractivity contribution is 14.1. The minimum absolute atomic E-state index is 0.146. The number of imide groups is 1. The maximum Gasteiger partial charge on any atom is 0.282 e. The summed E-state index contributed by atoms with van der Waals surface area (Å²) in [5, 5.41) is 16.7. The van der Waals surface area contributed by atoms with Crippen molar-refractivity contribution < 1.29 is 14.5 Å². The zero-order valence-electron chi connectivity index (χ0n) is 13.6. The van der Waals surface area contributed by atoms with Gasteiger partial charge in [0, 0.05) is 20.6 Å². The largest absolute Gasteiger partial charge is 0.282 e. The molecular formula is C19H10IN3O4. The van der Waals surface area contributed by atoms with Gasteiger partial charge in [-0.25, -0.2) is 0 Å². The van der Waals surface area contributed by atoms with Crippen molar-refractivity contribution in [1.82, 2.24) is 5.01 Å². The van der Waals surface area contributed by atoms with E-state index in [1.807, 2.05) is 24.3 Å². The number of benzene rings is 3. The number of halogens is 1. The molecule has 132 valence electrons. The fraction of sp³-hybridized carbons (Fsp3) is 0. The molecule has 1 aliphatic heterocycles. The predicted octanol–water partition coefficient (Wildman–Crippen LogP) is 3.98. The van der Waals surface area contributed by atoms with Crippen molar-refractivity contribution in [2.45, 2.75) is 0 Å². The number of nitrogens with zero attached hydrogens (tertiary/aromatic N) is 3. The van der Waals surface area contributed by atoms with Crippen molar-refractivity contribution in [3.8, 4) is 0 Å². The van der Waals surface area contributed by atoms with Crippen molar-refractivity contribution in [2.24, 2.45) is 5.10 Å². The van der Waals surface area contributed by atoms with E-state index in [1.165, 1.54) is 24.4 Å². The lowest BCUT2D eigenvalue weighted by Gasteiger charge is -2.23. The number of amides is 2. The van der Waals surface area contributed by atoms with E-state index in [4.69, 9.17) is 0 Å². The molecule has 0 atom stereocenters. The lowest BCUT2D eigenvalue weighted by atomic mass is 9.94. The third-order valence-electron chi connectivity index (χ3n) is 4.28. The summed E-state index contributed by atoms with van der Waals surface area (Å²) in [6.45, 7) is 0. The molecule has 0 aromatic heterocycles. The van der Waals surface area contributed by atoms with E-state index in [0.29, 0.717) is 5.39 Å². The van der Waals surface area contributed by atoms with Crippen LogP contribution in [0.1, 0.15) is 26.3 Å². The maximum absolute atomic E-state index is 12.8. The van der Waals surface area contributed by atoms with Crippen LogP contribution < -0.4 is 0 Å². The van der Waals surface area contributed by atoms with Crippen LogP contribution >= 0.6 is 22.6 Å². The van der Waals surface area contributed by atoms with E-state index >= 15 is 0 Å². The normalized spacial score (nSPS) is 13.6. The summed E-state index contributed by atoms with van der Waals surface area (Å²) in [7, 11) is 0. The van der Waals surface area contributed by atoms with E-state index in [2.05, 4.69) is 27.7 Å². The summed E-state index contributed by atoms with van der Waals surface area (Å²) in [6.07, 6.45) is 1.45. The van der Waals surface area contributed by atoms with Gasteiger partial charge < -0.3 is 0 Å². The number of hydrogen-bond donors (Lipinski definition) is 0. The molecule has 1 heterocycles. The molecular weight excluding hydrogens is 461 g/mol. The van der Waals surface area contributed by atoms with Crippen LogP contribution in [0.15, 0.2) is 59.7 Å². The van der Waals surface area contributed by atoms with E-state index < -0.39 is 16.7 Å². The molecule has 0 saturated carbocycles. The summed E-state index contributed by atoms with van der Waals surface area (Å²) in [5.74, 6) is -1.22.